The van der Waals surface area contributed by atoms with E-state index in [0.29, 0.717) is 6.54 Å². The van der Waals surface area contributed by atoms with Crippen LogP contribution in [0.25, 0.3) is 0 Å². The van der Waals surface area contributed by atoms with E-state index in [0.717, 1.165) is 32.7 Å². The fraction of sp³-hybridized carbons (Fsp3) is 0.238. The highest BCUT2D eigenvalue weighted by Crippen LogP contribution is 2.27. The number of rotatable bonds is 9. The second-order valence-corrected chi connectivity index (χ2v) is 7.95. The molecule has 0 radical (unpaired) electrons. The van der Waals surface area contributed by atoms with Gasteiger partial charge in [-0.1, -0.05) is 45.9 Å². The number of methoxy groups -OCH3 is 1. The summed E-state index contributed by atoms with van der Waals surface area (Å²) in [5.74, 6) is 3.14. The minimum atomic E-state index is -0.247. The van der Waals surface area contributed by atoms with Crippen molar-refractivity contribution in [3.63, 3.8) is 0 Å². The first-order valence-electron chi connectivity index (χ1n) is 8.82. The Bertz CT molecular complexity index is 910. The zero-order valence-corrected chi connectivity index (χ0v) is 18.2. The summed E-state index contributed by atoms with van der Waals surface area (Å²) in [6.45, 7) is 6.46. The number of halogens is 1. The zero-order chi connectivity index (χ0) is 19.9. The van der Waals surface area contributed by atoms with Gasteiger partial charge in [0.2, 0.25) is 0 Å². The molecular formula is C21H22BrN3O2S. The maximum atomic E-state index is 6.05. The van der Waals surface area contributed by atoms with E-state index in [9.17, 15) is 0 Å². The Hall–Kier alpha value is -2.25. The lowest BCUT2D eigenvalue weighted by atomic mass is 10.2. The fourth-order valence-corrected chi connectivity index (χ4v) is 3.82. The first-order valence-corrected chi connectivity index (χ1v) is 10.6. The van der Waals surface area contributed by atoms with Gasteiger partial charge >= 0.3 is 0 Å². The lowest BCUT2D eigenvalue weighted by molar-refractivity contribution is 0.210. The summed E-state index contributed by atoms with van der Waals surface area (Å²) in [4.78, 5) is 0. The van der Waals surface area contributed by atoms with Crippen LogP contribution in [0, 0.1) is 0 Å². The zero-order valence-electron chi connectivity index (χ0n) is 15.8. The Morgan fingerprint density at radius 1 is 1.11 bits per heavy atom. The van der Waals surface area contributed by atoms with Gasteiger partial charge in [0.05, 0.1) is 7.11 Å². The standard InChI is InChI=1S/C21H22BrN3O2S/c1-4-13-25-20(15(2)27-19-11-9-18(26-3)10-12-19)23-24-21(25)28-14-16-5-7-17(22)8-6-16/h4-12,15H,1,13-14H2,2-3H3. The minimum Gasteiger partial charge on any atom is -0.497 e. The quantitative estimate of drug-likeness (QED) is 0.304. The van der Waals surface area contributed by atoms with E-state index < -0.39 is 0 Å². The molecule has 0 spiro atoms. The average molecular weight is 460 g/mol. The highest BCUT2D eigenvalue weighted by atomic mass is 79.9. The fourth-order valence-electron chi connectivity index (χ4n) is 2.65. The number of aromatic nitrogens is 3. The molecule has 0 bridgehead atoms. The number of thioether (sulfide) groups is 1. The molecule has 146 valence electrons. The summed E-state index contributed by atoms with van der Waals surface area (Å²) < 4.78 is 14.4. The highest BCUT2D eigenvalue weighted by Gasteiger charge is 2.19. The van der Waals surface area contributed by atoms with E-state index in [1.165, 1.54) is 5.56 Å². The van der Waals surface area contributed by atoms with Crippen molar-refractivity contribution < 1.29 is 9.47 Å². The van der Waals surface area contributed by atoms with Crippen LogP contribution in [0.4, 0.5) is 0 Å². The summed E-state index contributed by atoms with van der Waals surface area (Å²) in [6, 6.07) is 15.8. The molecule has 0 saturated carbocycles. The van der Waals surface area contributed by atoms with Crippen molar-refractivity contribution in [2.45, 2.75) is 30.5 Å². The largest absolute Gasteiger partial charge is 0.497 e. The Morgan fingerprint density at radius 3 is 2.43 bits per heavy atom. The van der Waals surface area contributed by atoms with Crippen LogP contribution in [0.1, 0.15) is 24.4 Å². The number of ether oxygens (including phenoxy) is 2. The molecule has 0 fully saturated rings. The minimum absolute atomic E-state index is 0.247. The highest BCUT2D eigenvalue weighted by molar-refractivity contribution is 9.10. The van der Waals surface area contributed by atoms with Crippen LogP contribution in [-0.4, -0.2) is 21.9 Å². The SMILES string of the molecule is C=CCn1c(SCc2ccc(Br)cc2)nnc1C(C)Oc1ccc(OC)cc1. The van der Waals surface area contributed by atoms with Crippen molar-refractivity contribution in [3.8, 4) is 11.5 Å². The van der Waals surface area contributed by atoms with Crippen LogP contribution in [0.3, 0.4) is 0 Å². The lowest BCUT2D eigenvalue weighted by Crippen LogP contribution is -2.12. The van der Waals surface area contributed by atoms with E-state index in [1.54, 1.807) is 18.9 Å². The molecule has 3 aromatic rings. The van der Waals surface area contributed by atoms with Gasteiger partial charge < -0.3 is 9.47 Å². The van der Waals surface area contributed by atoms with Gasteiger partial charge in [0.15, 0.2) is 17.1 Å². The summed E-state index contributed by atoms with van der Waals surface area (Å²) >= 11 is 5.11. The third kappa shape index (κ3) is 5.17. The first-order chi connectivity index (χ1) is 13.6. The maximum absolute atomic E-state index is 6.05. The lowest BCUT2D eigenvalue weighted by Gasteiger charge is -2.16. The van der Waals surface area contributed by atoms with Crippen molar-refractivity contribution in [2.75, 3.05) is 7.11 Å². The van der Waals surface area contributed by atoms with Gasteiger partial charge in [0.25, 0.3) is 0 Å². The molecule has 3 rings (SSSR count). The van der Waals surface area contributed by atoms with Gasteiger partial charge in [-0.25, -0.2) is 0 Å². The maximum Gasteiger partial charge on any atom is 0.191 e. The van der Waals surface area contributed by atoms with Crippen molar-refractivity contribution in [1.82, 2.24) is 14.8 Å². The van der Waals surface area contributed by atoms with E-state index in [-0.39, 0.29) is 6.10 Å². The normalized spacial score (nSPS) is 11.8. The molecule has 1 aromatic heterocycles. The van der Waals surface area contributed by atoms with Gasteiger partial charge in [-0.2, -0.15) is 0 Å². The Labute approximate surface area is 177 Å². The second kappa shape index (κ2) is 9.80. The number of allylic oxidation sites excluding steroid dienone is 1. The van der Waals surface area contributed by atoms with Crippen molar-refractivity contribution >= 4 is 27.7 Å². The Balaban J connectivity index is 1.72. The third-order valence-corrected chi connectivity index (χ3v) is 5.64. The third-order valence-electron chi connectivity index (χ3n) is 4.07. The van der Waals surface area contributed by atoms with Gasteiger partial charge in [0.1, 0.15) is 11.5 Å². The molecule has 0 amide bonds. The summed E-state index contributed by atoms with van der Waals surface area (Å²) in [7, 11) is 1.64. The monoisotopic (exact) mass is 459 g/mol. The first kappa shape index (κ1) is 20.5. The molecule has 1 atom stereocenters. The summed E-state index contributed by atoms with van der Waals surface area (Å²) in [5.41, 5.74) is 1.23. The van der Waals surface area contributed by atoms with E-state index in [1.807, 2.05) is 54.0 Å². The molecule has 2 aromatic carbocycles. The van der Waals surface area contributed by atoms with Gasteiger partial charge in [-0.05, 0) is 48.9 Å². The van der Waals surface area contributed by atoms with Gasteiger partial charge in [0, 0.05) is 16.8 Å². The van der Waals surface area contributed by atoms with Crippen LogP contribution in [-0.2, 0) is 12.3 Å². The topological polar surface area (TPSA) is 49.2 Å². The molecule has 1 unspecified atom stereocenters. The molecule has 0 N–H and O–H groups in total. The summed E-state index contributed by atoms with van der Waals surface area (Å²) in [5, 5.41) is 9.60. The molecule has 7 heteroatoms. The molecule has 0 aliphatic rings. The smallest absolute Gasteiger partial charge is 0.191 e. The second-order valence-electron chi connectivity index (χ2n) is 6.09. The number of hydrogen-bond acceptors (Lipinski definition) is 5. The van der Waals surface area contributed by atoms with E-state index >= 15 is 0 Å². The van der Waals surface area contributed by atoms with E-state index in [4.69, 9.17) is 9.47 Å². The van der Waals surface area contributed by atoms with Crippen molar-refractivity contribution in [3.05, 3.63) is 77.0 Å². The number of nitrogens with zero attached hydrogens (tertiary/aromatic N) is 3. The van der Waals surface area contributed by atoms with Crippen molar-refractivity contribution in [2.24, 2.45) is 0 Å². The van der Waals surface area contributed by atoms with Crippen molar-refractivity contribution in [1.29, 1.82) is 0 Å². The van der Waals surface area contributed by atoms with Crippen LogP contribution >= 0.6 is 27.7 Å². The molecule has 0 aliphatic heterocycles. The Kier molecular flexibility index (Phi) is 7.17. The number of hydrogen-bond donors (Lipinski definition) is 0. The molecule has 5 nitrogen and oxygen atoms in total. The molecular weight excluding hydrogens is 438 g/mol. The Morgan fingerprint density at radius 2 is 1.79 bits per heavy atom. The predicted molar refractivity (Wildman–Crippen MR) is 116 cm³/mol. The van der Waals surface area contributed by atoms with Gasteiger partial charge in [-0.15, -0.1) is 16.8 Å². The van der Waals surface area contributed by atoms with Crippen LogP contribution in [0.15, 0.2) is 70.8 Å². The van der Waals surface area contributed by atoms with Crippen LogP contribution in [0.5, 0.6) is 11.5 Å². The molecule has 0 aliphatic carbocycles. The number of benzene rings is 2. The molecule has 1 heterocycles. The molecule has 0 saturated heterocycles. The molecule has 28 heavy (non-hydrogen) atoms. The van der Waals surface area contributed by atoms with E-state index in [2.05, 4.69) is 44.8 Å². The van der Waals surface area contributed by atoms with Crippen LogP contribution in [0.2, 0.25) is 0 Å². The predicted octanol–water partition coefficient (Wildman–Crippen LogP) is 5.67. The average Bonchev–Trinajstić information content (AvgIpc) is 3.11. The van der Waals surface area contributed by atoms with Gasteiger partial charge in [-0.3, -0.25) is 4.57 Å². The summed E-state index contributed by atoms with van der Waals surface area (Å²) in [6.07, 6.45) is 1.60. The van der Waals surface area contributed by atoms with Crippen LogP contribution < -0.4 is 9.47 Å².